The zero-order valence-corrected chi connectivity index (χ0v) is 46.9. The summed E-state index contributed by atoms with van der Waals surface area (Å²) in [5, 5.41) is 0. The van der Waals surface area contributed by atoms with Crippen LogP contribution in [0.1, 0.15) is 355 Å². The lowest BCUT2D eigenvalue weighted by Gasteiger charge is -2.18. The Morgan fingerprint density at radius 1 is 0.275 bits per heavy atom. The van der Waals surface area contributed by atoms with Gasteiger partial charge in [-0.05, 0) is 38.5 Å². The number of esters is 3. The third-order valence-electron chi connectivity index (χ3n) is 14.3. The maximum absolute atomic E-state index is 12.9. The minimum Gasteiger partial charge on any atom is -0.462 e. The second-order valence-corrected chi connectivity index (χ2v) is 21.3. The first-order valence-electron chi connectivity index (χ1n) is 31.2. The van der Waals surface area contributed by atoms with Gasteiger partial charge in [-0.2, -0.15) is 0 Å². The van der Waals surface area contributed by atoms with Gasteiger partial charge in [0.25, 0.3) is 0 Å². The summed E-state index contributed by atoms with van der Waals surface area (Å²) in [5.74, 6) is -0.850. The van der Waals surface area contributed by atoms with E-state index in [4.69, 9.17) is 14.2 Å². The Morgan fingerprint density at radius 2 is 0.507 bits per heavy atom. The number of hydrogen-bond donors (Lipinski definition) is 0. The molecule has 0 aliphatic rings. The molecule has 1 unspecified atom stereocenters. The van der Waals surface area contributed by atoms with Crippen LogP contribution in [0.4, 0.5) is 0 Å². The molecule has 0 spiro atoms. The molecule has 0 rings (SSSR count). The highest BCUT2D eigenvalue weighted by atomic mass is 16.6. The van der Waals surface area contributed by atoms with E-state index in [9.17, 15) is 14.4 Å². The minimum absolute atomic E-state index is 0.0664. The largest absolute Gasteiger partial charge is 0.462 e. The predicted octanol–water partition coefficient (Wildman–Crippen LogP) is 20.9. The van der Waals surface area contributed by atoms with Crippen LogP contribution in [0.3, 0.4) is 0 Å². The van der Waals surface area contributed by atoms with E-state index in [1.54, 1.807) is 0 Å². The zero-order chi connectivity index (χ0) is 50.0. The molecule has 69 heavy (non-hydrogen) atoms. The van der Waals surface area contributed by atoms with Crippen molar-refractivity contribution in [3.8, 4) is 0 Å². The monoisotopic (exact) mass is 973 g/mol. The third-order valence-corrected chi connectivity index (χ3v) is 14.3. The summed E-state index contributed by atoms with van der Waals surface area (Å²) in [6.07, 6.45) is 68.0. The van der Waals surface area contributed by atoms with Gasteiger partial charge in [-0.25, -0.2) is 0 Å². The van der Waals surface area contributed by atoms with Crippen molar-refractivity contribution in [3.63, 3.8) is 0 Å². The Kier molecular flexibility index (Phi) is 57.1. The average Bonchev–Trinajstić information content (AvgIpc) is 3.35. The van der Waals surface area contributed by atoms with Crippen molar-refractivity contribution in [2.45, 2.75) is 361 Å². The number of allylic oxidation sites excluding steroid dienone is 2. The summed E-state index contributed by atoms with van der Waals surface area (Å²) in [4.78, 5) is 38.2. The van der Waals surface area contributed by atoms with E-state index in [1.807, 2.05) is 0 Å². The van der Waals surface area contributed by atoms with E-state index in [0.29, 0.717) is 19.3 Å². The van der Waals surface area contributed by atoms with Crippen LogP contribution < -0.4 is 0 Å². The van der Waals surface area contributed by atoms with Gasteiger partial charge < -0.3 is 14.2 Å². The van der Waals surface area contributed by atoms with Crippen molar-refractivity contribution in [2.24, 2.45) is 0 Å². The molecular weight excluding hydrogens is 853 g/mol. The van der Waals surface area contributed by atoms with Gasteiger partial charge in [0.05, 0.1) is 0 Å². The first-order chi connectivity index (χ1) is 34.0. The van der Waals surface area contributed by atoms with Crippen molar-refractivity contribution >= 4 is 17.9 Å². The Bertz CT molecular complexity index is 1070. The van der Waals surface area contributed by atoms with Gasteiger partial charge in [-0.1, -0.05) is 309 Å². The van der Waals surface area contributed by atoms with Crippen LogP contribution >= 0.6 is 0 Å². The molecule has 6 heteroatoms. The van der Waals surface area contributed by atoms with Crippen LogP contribution in [0.2, 0.25) is 0 Å². The highest BCUT2D eigenvalue weighted by Crippen LogP contribution is 2.18. The highest BCUT2D eigenvalue weighted by Gasteiger charge is 2.19. The summed E-state index contributed by atoms with van der Waals surface area (Å²) >= 11 is 0. The molecule has 0 amide bonds. The molecule has 0 radical (unpaired) electrons. The Labute approximate surface area is 431 Å². The summed E-state index contributed by atoms with van der Waals surface area (Å²) in [6, 6.07) is 0. The third kappa shape index (κ3) is 56.9. The van der Waals surface area contributed by atoms with Crippen molar-refractivity contribution in [1.82, 2.24) is 0 Å². The van der Waals surface area contributed by atoms with E-state index in [-0.39, 0.29) is 31.1 Å². The lowest BCUT2D eigenvalue weighted by molar-refractivity contribution is -0.167. The maximum atomic E-state index is 12.9. The number of hydrogen-bond acceptors (Lipinski definition) is 6. The number of unbranched alkanes of at least 4 members (excludes halogenated alkanes) is 45. The molecule has 0 N–H and O–H groups in total. The van der Waals surface area contributed by atoms with Crippen LogP contribution in [-0.4, -0.2) is 37.2 Å². The molecule has 408 valence electrons. The second kappa shape index (κ2) is 58.7. The van der Waals surface area contributed by atoms with E-state index in [0.717, 1.165) is 70.6 Å². The average molecular weight is 974 g/mol. The SMILES string of the molecule is CCC/C=C\CCCCCCCC(=O)OCC(COC(=O)CCCCCCCCCCCCCCCCCCCCCCC)OC(=O)CCCCCCCCCCCCCCCCCCCCCC. The molecule has 0 fully saturated rings. The van der Waals surface area contributed by atoms with Crippen LogP contribution in [0.5, 0.6) is 0 Å². The smallest absolute Gasteiger partial charge is 0.306 e. The number of carbonyl (C=O) groups excluding carboxylic acids is 3. The van der Waals surface area contributed by atoms with Gasteiger partial charge in [-0.3, -0.25) is 14.4 Å². The normalized spacial score (nSPS) is 12.0. The first kappa shape index (κ1) is 67.1. The predicted molar refractivity (Wildman–Crippen MR) is 298 cm³/mol. The standard InChI is InChI=1S/C63H120O6/c1-4-7-10-13-16-19-22-24-26-28-30-32-34-35-37-39-41-44-47-50-53-56-62(65)68-59-60(58-67-61(64)55-52-49-46-43-21-18-15-12-9-6-3)69-63(66)57-54-51-48-45-42-40-38-36-33-31-29-27-25-23-20-17-14-11-8-5-2/h12,15,60H,4-11,13-14,16-59H2,1-3H3/b15-12-. The van der Waals surface area contributed by atoms with Crippen LogP contribution in [0.25, 0.3) is 0 Å². The van der Waals surface area contributed by atoms with Gasteiger partial charge in [0.1, 0.15) is 13.2 Å². The second-order valence-electron chi connectivity index (χ2n) is 21.3. The van der Waals surface area contributed by atoms with Crippen LogP contribution in [-0.2, 0) is 28.6 Å². The molecule has 0 heterocycles. The van der Waals surface area contributed by atoms with Crippen molar-refractivity contribution in [1.29, 1.82) is 0 Å². The zero-order valence-electron chi connectivity index (χ0n) is 46.9. The molecule has 0 bridgehead atoms. The van der Waals surface area contributed by atoms with E-state index >= 15 is 0 Å². The lowest BCUT2D eigenvalue weighted by Crippen LogP contribution is -2.30. The summed E-state index contributed by atoms with van der Waals surface area (Å²) in [5.41, 5.74) is 0. The van der Waals surface area contributed by atoms with Crippen LogP contribution in [0, 0.1) is 0 Å². The maximum Gasteiger partial charge on any atom is 0.306 e. The molecule has 0 aromatic heterocycles. The fraction of sp³-hybridized carbons (Fsp3) is 0.921. The van der Waals surface area contributed by atoms with Crippen molar-refractivity contribution < 1.29 is 28.6 Å². The Balaban J connectivity index is 4.19. The Morgan fingerprint density at radius 3 is 0.783 bits per heavy atom. The molecular formula is C63H120O6. The topological polar surface area (TPSA) is 78.9 Å². The van der Waals surface area contributed by atoms with Crippen LogP contribution in [0.15, 0.2) is 12.2 Å². The lowest BCUT2D eigenvalue weighted by atomic mass is 10.0. The molecule has 0 aromatic carbocycles. The van der Waals surface area contributed by atoms with Crippen molar-refractivity contribution in [2.75, 3.05) is 13.2 Å². The minimum atomic E-state index is -0.768. The fourth-order valence-corrected chi connectivity index (χ4v) is 9.57. The van der Waals surface area contributed by atoms with E-state index in [2.05, 4.69) is 32.9 Å². The quantitative estimate of drug-likeness (QED) is 0.0261. The first-order valence-corrected chi connectivity index (χ1v) is 31.2. The van der Waals surface area contributed by atoms with Gasteiger partial charge in [0.2, 0.25) is 0 Å². The van der Waals surface area contributed by atoms with Gasteiger partial charge in [-0.15, -0.1) is 0 Å². The molecule has 0 aliphatic carbocycles. The molecule has 0 aliphatic heterocycles. The molecule has 0 saturated heterocycles. The molecule has 6 nitrogen and oxygen atoms in total. The van der Waals surface area contributed by atoms with E-state index < -0.39 is 6.10 Å². The van der Waals surface area contributed by atoms with Gasteiger partial charge in [0.15, 0.2) is 6.10 Å². The molecule has 0 saturated carbocycles. The number of carbonyl (C=O) groups is 3. The number of ether oxygens (including phenoxy) is 3. The van der Waals surface area contributed by atoms with E-state index in [1.165, 1.54) is 244 Å². The number of rotatable bonds is 58. The summed E-state index contributed by atoms with van der Waals surface area (Å²) in [6.45, 7) is 6.64. The van der Waals surface area contributed by atoms with Gasteiger partial charge in [0, 0.05) is 19.3 Å². The van der Waals surface area contributed by atoms with Crippen molar-refractivity contribution in [3.05, 3.63) is 12.2 Å². The fourth-order valence-electron chi connectivity index (χ4n) is 9.57. The van der Waals surface area contributed by atoms with Gasteiger partial charge >= 0.3 is 17.9 Å². The summed E-state index contributed by atoms with van der Waals surface area (Å²) < 4.78 is 16.9. The summed E-state index contributed by atoms with van der Waals surface area (Å²) in [7, 11) is 0. The Hall–Kier alpha value is -1.85. The highest BCUT2D eigenvalue weighted by molar-refractivity contribution is 5.71. The molecule has 1 atom stereocenters. The molecule has 0 aromatic rings.